The van der Waals surface area contributed by atoms with Gasteiger partial charge in [0.25, 0.3) is 0 Å². The molecule has 0 aromatic carbocycles. The van der Waals surface area contributed by atoms with Crippen LogP contribution in [0.2, 0.25) is 0 Å². The number of hydrogen-bond donors (Lipinski definition) is 2. The molecule has 4 nitrogen and oxygen atoms in total. The smallest absolute Gasteiger partial charge is 0.351 e. The molecule has 0 atom stereocenters. The number of methoxy groups -OCH3 is 1. The molecule has 1 aromatic heterocycles. The number of carbonyl (C=O) groups excluding carboxylic acids is 1. The number of rotatable bonds is 1. The van der Waals surface area contributed by atoms with Gasteiger partial charge in [-0.15, -0.1) is 11.3 Å². The molecule has 0 spiro atoms. The molecule has 1 heterocycles. The molecule has 1 rings (SSSR count). The second-order valence-corrected chi connectivity index (χ2v) is 2.54. The van der Waals surface area contributed by atoms with Crippen molar-refractivity contribution < 1.29 is 40.4 Å². The van der Waals surface area contributed by atoms with Crippen molar-refractivity contribution in [1.29, 1.82) is 0 Å². The van der Waals surface area contributed by atoms with E-state index in [2.05, 4.69) is 16.6 Å². The standard InChI is InChI=1S/C6H6O3S.ClHO.W/c1-9-6(8)5-4(7)2-3-10-5;1-2;/h2-3,7H,1H3;2H;. The summed E-state index contributed by atoms with van der Waals surface area (Å²) in [5, 5.41) is 10.6. The summed E-state index contributed by atoms with van der Waals surface area (Å²) in [5.41, 5.74) is 0. The van der Waals surface area contributed by atoms with Crippen molar-refractivity contribution in [2.45, 2.75) is 0 Å². The van der Waals surface area contributed by atoms with Gasteiger partial charge in [0.15, 0.2) is 4.88 Å². The van der Waals surface area contributed by atoms with E-state index in [1.807, 2.05) is 0 Å². The molecule has 7 heteroatoms. The van der Waals surface area contributed by atoms with Crippen molar-refractivity contribution in [1.82, 2.24) is 0 Å². The molecule has 2 N–H and O–H groups in total. The van der Waals surface area contributed by atoms with Crippen molar-refractivity contribution in [3.8, 4) is 5.75 Å². The van der Waals surface area contributed by atoms with Gasteiger partial charge in [0.05, 0.1) is 19.0 Å². The van der Waals surface area contributed by atoms with Gasteiger partial charge >= 0.3 is 5.97 Å². The molecule has 0 saturated heterocycles. The van der Waals surface area contributed by atoms with Crippen molar-refractivity contribution in [2.24, 2.45) is 0 Å². The van der Waals surface area contributed by atoms with Crippen LogP contribution in [-0.2, 0) is 25.8 Å². The molecule has 0 fully saturated rings. The summed E-state index contributed by atoms with van der Waals surface area (Å²) < 4.78 is 10.9. The monoisotopic (exact) mass is 394 g/mol. The Hall–Kier alpha value is -0.0917. The van der Waals surface area contributed by atoms with Crippen LogP contribution < -0.4 is 0 Å². The Morgan fingerprint density at radius 3 is 2.46 bits per heavy atom. The van der Waals surface area contributed by atoms with Crippen molar-refractivity contribution in [3.05, 3.63) is 16.3 Å². The van der Waals surface area contributed by atoms with Crippen molar-refractivity contribution in [2.75, 3.05) is 7.11 Å². The van der Waals surface area contributed by atoms with Crippen LogP contribution in [0.15, 0.2) is 11.4 Å². The van der Waals surface area contributed by atoms with Crippen LogP contribution in [0.5, 0.6) is 5.75 Å². The largest absolute Gasteiger partial charge is 0.506 e. The molecule has 0 aliphatic rings. The second-order valence-electron chi connectivity index (χ2n) is 1.63. The summed E-state index contributed by atoms with van der Waals surface area (Å²) in [4.78, 5) is 11.0. The van der Waals surface area contributed by atoms with E-state index in [0.717, 1.165) is 11.3 Å². The summed E-state index contributed by atoms with van der Waals surface area (Å²) in [5.74, 6) is -0.510. The summed E-state index contributed by atoms with van der Waals surface area (Å²) in [6, 6.07) is 1.46. The molecule has 13 heavy (non-hydrogen) atoms. The fourth-order valence-corrected chi connectivity index (χ4v) is 1.25. The number of thiophene rings is 1. The number of halogens is 1. The van der Waals surface area contributed by atoms with Crippen LogP contribution >= 0.6 is 23.2 Å². The summed E-state index contributed by atoms with van der Waals surface area (Å²) >= 11 is 4.80. The maximum atomic E-state index is 10.7. The molecule has 0 saturated carbocycles. The Balaban J connectivity index is 0. The molecule has 0 bridgehead atoms. The van der Waals surface area contributed by atoms with Crippen LogP contribution in [0.1, 0.15) is 9.67 Å². The molecule has 0 unspecified atom stereocenters. The Morgan fingerprint density at radius 2 is 2.15 bits per heavy atom. The first-order chi connectivity index (χ1) is 5.75. The van der Waals surface area contributed by atoms with E-state index < -0.39 is 5.97 Å². The minimum atomic E-state index is -0.493. The molecular weight excluding hydrogens is 387 g/mol. The number of esters is 1. The maximum Gasteiger partial charge on any atom is 0.351 e. The third kappa shape index (κ3) is 4.62. The van der Waals surface area contributed by atoms with Crippen molar-refractivity contribution >= 4 is 29.2 Å². The summed E-state index contributed by atoms with van der Waals surface area (Å²) in [7, 11) is 1.28. The second kappa shape index (κ2) is 8.50. The van der Waals surface area contributed by atoms with Crippen LogP contribution in [0.25, 0.3) is 0 Å². The van der Waals surface area contributed by atoms with Crippen LogP contribution in [0, 0.1) is 0 Å². The number of hydrogen-bond acceptors (Lipinski definition) is 5. The number of ether oxygens (including phenoxy) is 1. The van der Waals surface area contributed by atoms with E-state index in [9.17, 15) is 4.79 Å². The van der Waals surface area contributed by atoms with Crippen molar-refractivity contribution in [3.63, 3.8) is 0 Å². The molecule has 1 aromatic rings. The quantitative estimate of drug-likeness (QED) is 0.706. The minimum Gasteiger partial charge on any atom is -0.506 e. The molecule has 0 aliphatic heterocycles. The Morgan fingerprint density at radius 1 is 1.62 bits per heavy atom. The van der Waals surface area contributed by atoms with Gasteiger partial charge in [0, 0.05) is 21.1 Å². The van der Waals surface area contributed by atoms with Gasteiger partial charge in [-0.25, -0.2) is 4.79 Å². The zero-order valence-electron chi connectivity index (χ0n) is 6.56. The van der Waals surface area contributed by atoms with E-state index in [1.54, 1.807) is 5.38 Å². The Kier molecular flexibility index (Phi) is 10.1. The van der Waals surface area contributed by atoms with Crippen LogP contribution in [0.3, 0.4) is 0 Å². The minimum absolute atomic E-state index is 0. The molecule has 0 aliphatic carbocycles. The van der Waals surface area contributed by atoms with E-state index in [-0.39, 0.29) is 31.7 Å². The zero-order chi connectivity index (χ0) is 9.56. The van der Waals surface area contributed by atoms with Crippen LogP contribution in [-0.4, -0.2) is 22.8 Å². The van der Waals surface area contributed by atoms with Gasteiger partial charge in [-0.1, -0.05) is 0 Å². The Labute approximate surface area is 98.5 Å². The maximum absolute atomic E-state index is 10.7. The molecular formula is C6H7ClO4SW. The average molecular weight is 394 g/mol. The summed E-state index contributed by atoms with van der Waals surface area (Å²) in [6.07, 6.45) is 0. The van der Waals surface area contributed by atoms with E-state index >= 15 is 0 Å². The van der Waals surface area contributed by atoms with Gasteiger partial charge in [-0.05, 0) is 11.4 Å². The predicted molar refractivity (Wildman–Crippen MR) is 45.4 cm³/mol. The van der Waals surface area contributed by atoms with Gasteiger partial charge in [0.1, 0.15) is 5.75 Å². The number of carbonyl (C=O) groups is 1. The summed E-state index contributed by atoms with van der Waals surface area (Å²) in [6.45, 7) is 0. The molecule has 74 valence electrons. The third-order valence-electron chi connectivity index (χ3n) is 1.02. The normalized spacial score (nSPS) is 7.62. The van der Waals surface area contributed by atoms with Gasteiger partial charge < -0.3 is 9.84 Å². The Bertz CT molecular complexity index is 253. The third-order valence-corrected chi connectivity index (χ3v) is 1.90. The topological polar surface area (TPSA) is 66.8 Å². The molecule has 0 amide bonds. The SMILES string of the molecule is COC(=O)c1sccc1O.OCl.[W]. The van der Waals surface area contributed by atoms with Gasteiger partial charge in [0.2, 0.25) is 0 Å². The molecule has 0 radical (unpaired) electrons. The first kappa shape index (κ1) is 15.4. The fourth-order valence-electron chi connectivity index (χ4n) is 0.548. The van der Waals surface area contributed by atoms with Crippen LogP contribution in [0.4, 0.5) is 0 Å². The zero-order valence-corrected chi connectivity index (χ0v) is 11.1. The number of aromatic hydroxyl groups is 1. The fraction of sp³-hybridized carbons (Fsp3) is 0.167. The van der Waals surface area contributed by atoms with E-state index in [1.165, 1.54) is 13.2 Å². The first-order valence-electron chi connectivity index (χ1n) is 2.77. The van der Waals surface area contributed by atoms with E-state index in [4.69, 9.17) is 9.77 Å². The average Bonchev–Trinajstić information content (AvgIpc) is 2.54. The first-order valence-corrected chi connectivity index (χ1v) is 3.99. The predicted octanol–water partition coefficient (Wildman–Crippen LogP) is 1.37. The van der Waals surface area contributed by atoms with Gasteiger partial charge in [-0.2, -0.15) is 0 Å². The van der Waals surface area contributed by atoms with Gasteiger partial charge in [-0.3, -0.25) is 4.66 Å². The van der Waals surface area contributed by atoms with E-state index in [0.29, 0.717) is 0 Å².